The summed E-state index contributed by atoms with van der Waals surface area (Å²) in [4.78, 5) is 4.25. The van der Waals surface area contributed by atoms with Gasteiger partial charge in [-0.05, 0) is 17.7 Å². The Morgan fingerprint density at radius 3 is 2.76 bits per heavy atom. The van der Waals surface area contributed by atoms with Gasteiger partial charge in [0.25, 0.3) is 5.89 Å². The molecule has 2 aromatic heterocycles. The number of thioether (sulfide) groups is 1. The standard InChI is InChI=1S/C15H14N2O3S/c18-12(11-5-2-1-3-6-11)9-21-10-14-16-15(20-17-14)13-7-4-8-19-13/h1-8,12,18H,9-10H2. The second-order valence-electron chi connectivity index (χ2n) is 4.43. The van der Waals surface area contributed by atoms with Gasteiger partial charge in [-0.25, -0.2) is 0 Å². The molecule has 1 aromatic carbocycles. The minimum absolute atomic E-state index is 0.374. The van der Waals surface area contributed by atoms with E-state index in [0.29, 0.717) is 29.0 Å². The minimum Gasteiger partial charge on any atom is -0.459 e. The third-order valence-corrected chi connectivity index (χ3v) is 3.91. The minimum atomic E-state index is -0.493. The summed E-state index contributed by atoms with van der Waals surface area (Å²) in [7, 11) is 0. The summed E-state index contributed by atoms with van der Waals surface area (Å²) in [5.41, 5.74) is 0.911. The Kier molecular flexibility index (Phi) is 4.37. The average molecular weight is 302 g/mol. The van der Waals surface area contributed by atoms with Gasteiger partial charge in [-0.15, -0.1) is 0 Å². The predicted molar refractivity (Wildman–Crippen MR) is 79.6 cm³/mol. The van der Waals surface area contributed by atoms with Gasteiger partial charge in [0.1, 0.15) is 0 Å². The van der Waals surface area contributed by atoms with E-state index in [9.17, 15) is 5.11 Å². The Morgan fingerprint density at radius 2 is 2.00 bits per heavy atom. The van der Waals surface area contributed by atoms with Gasteiger partial charge in [-0.2, -0.15) is 16.7 Å². The molecule has 0 bridgehead atoms. The van der Waals surface area contributed by atoms with Crippen molar-refractivity contribution in [1.29, 1.82) is 0 Å². The van der Waals surface area contributed by atoms with Crippen LogP contribution in [0, 0.1) is 0 Å². The Balaban J connectivity index is 1.52. The third kappa shape index (κ3) is 3.53. The Bertz CT molecular complexity index is 667. The zero-order valence-corrected chi connectivity index (χ0v) is 12.0. The highest BCUT2D eigenvalue weighted by Crippen LogP contribution is 2.22. The van der Waals surface area contributed by atoms with E-state index in [0.717, 1.165) is 5.56 Å². The van der Waals surface area contributed by atoms with E-state index in [2.05, 4.69) is 10.1 Å². The molecule has 0 aliphatic heterocycles. The van der Waals surface area contributed by atoms with E-state index >= 15 is 0 Å². The van der Waals surface area contributed by atoms with Crippen LogP contribution in [0.4, 0.5) is 0 Å². The Labute approximate surface area is 126 Å². The number of nitrogens with zero attached hydrogens (tertiary/aromatic N) is 2. The average Bonchev–Trinajstić information content (AvgIpc) is 3.19. The second-order valence-corrected chi connectivity index (χ2v) is 5.46. The molecule has 0 fully saturated rings. The number of aliphatic hydroxyl groups excluding tert-OH is 1. The van der Waals surface area contributed by atoms with Crippen molar-refractivity contribution >= 4 is 11.8 Å². The number of hydrogen-bond donors (Lipinski definition) is 1. The summed E-state index contributed by atoms with van der Waals surface area (Å²) in [6.07, 6.45) is 1.07. The van der Waals surface area contributed by atoms with Crippen LogP contribution in [0.25, 0.3) is 11.7 Å². The highest BCUT2D eigenvalue weighted by Gasteiger charge is 2.12. The van der Waals surface area contributed by atoms with Crippen molar-refractivity contribution in [1.82, 2.24) is 10.1 Å². The zero-order chi connectivity index (χ0) is 14.5. The normalized spacial score (nSPS) is 12.4. The van der Waals surface area contributed by atoms with Crippen molar-refractivity contribution in [3.05, 3.63) is 60.1 Å². The molecule has 0 spiro atoms. The molecular weight excluding hydrogens is 288 g/mol. The molecule has 0 saturated heterocycles. The van der Waals surface area contributed by atoms with Crippen LogP contribution < -0.4 is 0 Å². The van der Waals surface area contributed by atoms with Crippen LogP contribution in [0.5, 0.6) is 0 Å². The van der Waals surface area contributed by atoms with E-state index in [1.807, 2.05) is 30.3 Å². The lowest BCUT2D eigenvalue weighted by Gasteiger charge is -2.09. The predicted octanol–water partition coefficient (Wildman–Crippen LogP) is 3.30. The van der Waals surface area contributed by atoms with Crippen molar-refractivity contribution in [2.24, 2.45) is 0 Å². The lowest BCUT2D eigenvalue weighted by molar-refractivity contribution is 0.204. The summed E-state index contributed by atoms with van der Waals surface area (Å²) in [5.74, 6) is 2.68. The molecule has 5 nitrogen and oxygen atoms in total. The van der Waals surface area contributed by atoms with Gasteiger partial charge < -0.3 is 14.0 Å². The highest BCUT2D eigenvalue weighted by molar-refractivity contribution is 7.98. The molecule has 0 aliphatic rings. The summed E-state index contributed by atoms with van der Waals surface area (Å²) >= 11 is 1.55. The second kappa shape index (κ2) is 6.60. The van der Waals surface area contributed by atoms with Crippen molar-refractivity contribution in [3.63, 3.8) is 0 Å². The molecule has 2 heterocycles. The molecule has 0 saturated carbocycles. The topological polar surface area (TPSA) is 72.3 Å². The van der Waals surface area contributed by atoms with E-state index in [4.69, 9.17) is 8.94 Å². The molecular formula is C15H14N2O3S. The number of aromatic nitrogens is 2. The van der Waals surface area contributed by atoms with E-state index in [1.54, 1.807) is 30.2 Å². The maximum Gasteiger partial charge on any atom is 0.293 e. The van der Waals surface area contributed by atoms with Crippen LogP contribution in [-0.2, 0) is 5.75 Å². The summed E-state index contributed by atoms with van der Waals surface area (Å²) in [5, 5.41) is 13.9. The van der Waals surface area contributed by atoms with Crippen molar-refractivity contribution < 1.29 is 14.0 Å². The molecule has 21 heavy (non-hydrogen) atoms. The van der Waals surface area contributed by atoms with Crippen LogP contribution in [0.2, 0.25) is 0 Å². The lowest BCUT2D eigenvalue weighted by atomic mass is 10.1. The van der Waals surface area contributed by atoms with Gasteiger partial charge in [-0.1, -0.05) is 35.5 Å². The molecule has 3 aromatic rings. The first-order valence-electron chi connectivity index (χ1n) is 6.50. The van der Waals surface area contributed by atoms with Gasteiger partial charge in [0.05, 0.1) is 18.1 Å². The third-order valence-electron chi connectivity index (χ3n) is 2.89. The largest absolute Gasteiger partial charge is 0.459 e. The van der Waals surface area contributed by atoms with Crippen molar-refractivity contribution in [2.45, 2.75) is 11.9 Å². The molecule has 1 atom stereocenters. The van der Waals surface area contributed by atoms with Crippen molar-refractivity contribution in [3.8, 4) is 11.7 Å². The summed E-state index contributed by atoms with van der Waals surface area (Å²) in [6, 6.07) is 13.1. The van der Waals surface area contributed by atoms with Gasteiger partial charge in [0.2, 0.25) is 0 Å². The van der Waals surface area contributed by atoms with Crippen LogP contribution in [0.15, 0.2) is 57.7 Å². The quantitative estimate of drug-likeness (QED) is 0.753. The first-order valence-corrected chi connectivity index (χ1v) is 7.65. The zero-order valence-electron chi connectivity index (χ0n) is 11.2. The number of aliphatic hydroxyl groups is 1. The molecule has 0 amide bonds. The molecule has 0 radical (unpaired) electrons. The first kappa shape index (κ1) is 13.9. The van der Waals surface area contributed by atoms with Crippen LogP contribution >= 0.6 is 11.8 Å². The monoisotopic (exact) mass is 302 g/mol. The highest BCUT2D eigenvalue weighted by atomic mass is 32.2. The molecule has 0 aliphatic carbocycles. The van der Waals surface area contributed by atoms with Gasteiger partial charge >= 0.3 is 0 Å². The summed E-state index contributed by atoms with van der Waals surface area (Å²) < 4.78 is 10.3. The van der Waals surface area contributed by atoms with E-state index in [1.165, 1.54) is 0 Å². The lowest BCUT2D eigenvalue weighted by Crippen LogP contribution is -2.00. The molecule has 108 valence electrons. The smallest absolute Gasteiger partial charge is 0.293 e. The van der Waals surface area contributed by atoms with Crippen LogP contribution in [0.3, 0.4) is 0 Å². The van der Waals surface area contributed by atoms with E-state index < -0.39 is 6.10 Å². The van der Waals surface area contributed by atoms with Gasteiger partial charge in [0, 0.05) is 5.75 Å². The maximum atomic E-state index is 10.1. The fourth-order valence-electron chi connectivity index (χ4n) is 1.85. The number of furan rings is 1. The van der Waals surface area contributed by atoms with Crippen LogP contribution in [-0.4, -0.2) is 21.0 Å². The Morgan fingerprint density at radius 1 is 1.14 bits per heavy atom. The molecule has 6 heteroatoms. The van der Waals surface area contributed by atoms with Crippen LogP contribution in [0.1, 0.15) is 17.5 Å². The SMILES string of the molecule is OC(CSCc1noc(-c2ccco2)n1)c1ccccc1. The maximum absolute atomic E-state index is 10.1. The molecule has 3 rings (SSSR count). The number of rotatable bonds is 6. The molecule has 1 unspecified atom stereocenters. The fourth-order valence-corrected chi connectivity index (χ4v) is 2.68. The first-order chi connectivity index (χ1) is 10.3. The number of hydrogen-bond acceptors (Lipinski definition) is 6. The van der Waals surface area contributed by atoms with Crippen molar-refractivity contribution in [2.75, 3.05) is 5.75 Å². The number of benzene rings is 1. The van der Waals surface area contributed by atoms with Gasteiger partial charge in [0.15, 0.2) is 11.6 Å². The Hall–Kier alpha value is -2.05. The van der Waals surface area contributed by atoms with E-state index in [-0.39, 0.29) is 0 Å². The fraction of sp³-hybridized carbons (Fsp3) is 0.200. The van der Waals surface area contributed by atoms with Gasteiger partial charge in [-0.3, -0.25) is 0 Å². The summed E-state index contributed by atoms with van der Waals surface area (Å²) in [6.45, 7) is 0. The molecule has 1 N–H and O–H groups in total.